The third-order valence-electron chi connectivity index (χ3n) is 11.8. The summed E-state index contributed by atoms with van der Waals surface area (Å²) in [6.45, 7) is 2.19. The molecule has 11 aromatic rings. The van der Waals surface area contributed by atoms with Crippen molar-refractivity contribution >= 4 is 32.7 Å². The van der Waals surface area contributed by atoms with Gasteiger partial charge in [0.15, 0.2) is 0 Å². The van der Waals surface area contributed by atoms with Crippen LogP contribution in [0.25, 0.3) is 106 Å². The molecular formula is C57H39N3. The van der Waals surface area contributed by atoms with Crippen LogP contribution < -0.4 is 0 Å². The van der Waals surface area contributed by atoms with Crippen molar-refractivity contribution in [3.05, 3.63) is 224 Å². The summed E-state index contributed by atoms with van der Waals surface area (Å²) >= 11 is 0. The zero-order chi connectivity index (χ0) is 40.0. The molecule has 0 bridgehead atoms. The van der Waals surface area contributed by atoms with Gasteiger partial charge in [-0.15, -0.1) is 0 Å². The molecule has 60 heavy (non-hydrogen) atoms. The molecule has 3 heterocycles. The number of hydrogen-bond donors (Lipinski definition) is 0. The van der Waals surface area contributed by atoms with E-state index in [-0.39, 0.29) is 0 Å². The number of para-hydroxylation sites is 2. The van der Waals surface area contributed by atoms with Gasteiger partial charge in [-0.1, -0.05) is 188 Å². The van der Waals surface area contributed by atoms with Gasteiger partial charge in [-0.05, 0) is 76.2 Å². The van der Waals surface area contributed by atoms with Crippen molar-refractivity contribution < 1.29 is 0 Å². The first-order chi connectivity index (χ1) is 29.7. The predicted octanol–water partition coefficient (Wildman–Crippen LogP) is 15.0. The van der Waals surface area contributed by atoms with Crippen molar-refractivity contribution in [2.75, 3.05) is 0 Å². The van der Waals surface area contributed by atoms with Crippen molar-refractivity contribution in [2.45, 2.75) is 6.92 Å². The van der Waals surface area contributed by atoms with Crippen molar-refractivity contribution in [3.8, 4) is 72.8 Å². The summed E-state index contributed by atoms with van der Waals surface area (Å²) in [7, 11) is 0. The second-order valence-electron chi connectivity index (χ2n) is 15.4. The number of aromatic nitrogens is 3. The molecular weight excluding hydrogens is 727 g/mol. The van der Waals surface area contributed by atoms with Crippen molar-refractivity contribution in [1.29, 1.82) is 0 Å². The van der Waals surface area contributed by atoms with Crippen molar-refractivity contribution in [1.82, 2.24) is 14.5 Å². The van der Waals surface area contributed by atoms with Crippen LogP contribution in [0.5, 0.6) is 0 Å². The SMILES string of the molecule is Cc1c(-c2ccccc2)cc(-c2ccc(-c3ccccc3)cc2)nc1-c1ccc(-c2ccc(-n3c4ccccc4c4c5ccccc5nc(-c5ccccc5)c43)cc2)cc1. The molecule has 0 aliphatic rings. The van der Waals surface area contributed by atoms with Gasteiger partial charge in [0, 0.05) is 38.5 Å². The number of pyridine rings is 2. The standard InChI is InChI=1S/C57H39N3/c1-38-50(43-17-7-3-8-18-43)37-52(44-29-25-40(26-30-44)39-15-5-2-6-16-39)59-55(38)46-31-27-41(28-32-46)42-33-35-47(36-34-42)60-53-24-14-12-22-49(53)54-48-21-11-13-23-51(48)58-56(57(54)60)45-19-9-4-10-20-45/h2-37H,1H3. The fraction of sp³-hybridized carbons (Fsp3) is 0.0175. The van der Waals surface area contributed by atoms with E-state index in [1.165, 1.54) is 33.0 Å². The lowest BCUT2D eigenvalue weighted by Gasteiger charge is -2.16. The Kier molecular flexibility index (Phi) is 8.71. The van der Waals surface area contributed by atoms with Crippen LogP contribution in [0.3, 0.4) is 0 Å². The lowest BCUT2D eigenvalue weighted by atomic mass is 9.93. The van der Waals surface area contributed by atoms with E-state index in [4.69, 9.17) is 9.97 Å². The number of hydrogen-bond acceptors (Lipinski definition) is 2. The number of nitrogens with zero attached hydrogens (tertiary/aromatic N) is 3. The molecule has 11 rings (SSSR count). The summed E-state index contributed by atoms with van der Waals surface area (Å²) in [5.41, 5.74) is 18.8. The van der Waals surface area contributed by atoms with Crippen LogP contribution >= 0.6 is 0 Å². The van der Waals surface area contributed by atoms with E-state index < -0.39 is 0 Å². The summed E-state index contributed by atoms with van der Waals surface area (Å²) in [5, 5.41) is 3.60. The third kappa shape index (κ3) is 6.16. The van der Waals surface area contributed by atoms with Crippen molar-refractivity contribution in [2.24, 2.45) is 0 Å². The summed E-state index contributed by atoms with van der Waals surface area (Å²) < 4.78 is 2.39. The fourth-order valence-corrected chi connectivity index (χ4v) is 8.80. The molecule has 0 amide bonds. The summed E-state index contributed by atoms with van der Waals surface area (Å²) in [4.78, 5) is 10.6. The van der Waals surface area contributed by atoms with Gasteiger partial charge in [0.1, 0.15) is 0 Å². The Balaban J connectivity index is 0.981. The van der Waals surface area contributed by atoms with E-state index >= 15 is 0 Å². The van der Waals surface area contributed by atoms with Crippen LogP contribution in [0, 0.1) is 6.92 Å². The highest BCUT2D eigenvalue weighted by molar-refractivity contribution is 6.23. The molecule has 0 fully saturated rings. The number of benzene rings is 8. The Morgan fingerprint density at radius 1 is 0.367 bits per heavy atom. The third-order valence-corrected chi connectivity index (χ3v) is 11.8. The fourth-order valence-electron chi connectivity index (χ4n) is 8.80. The van der Waals surface area contributed by atoms with Gasteiger partial charge < -0.3 is 4.57 Å². The molecule has 0 radical (unpaired) electrons. The number of fused-ring (bicyclic) bond motifs is 5. The normalized spacial score (nSPS) is 11.4. The topological polar surface area (TPSA) is 30.7 Å². The molecule has 3 heteroatoms. The zero-order valence-corrected chi connectivity index (χ0v) is 33.1. The first-order valence-corrected chi connectivity index (χ1v) is 20.5. The molecule has 282 valence electrons. The highest BCUT2D eigenvalue weighted by atomic mass is 15.0. The second kappa shape index (κ2) is 14.8. The van der Waals surface area contributed by atoms with E-state index in [9.17, 15) is 0 Å². The first kappa shape index (κ1) is 35.3. The van der Waals surface area contributed by atoms with Gasteiger partial charge in [0.05, 0.1) is 33.6 Å². The van der Waals surface area contributed by atoms with E-state index in [0.717, 1.165) is 78.1 Å². The second-order valence-corrected chi connectivity index (χ2v) is 15.4. The van der Waals surface area contributed by atoms with Crippen molar-refractivity contribution in [3.63, 3.8) is 0 Å². The first-order valence-electron chi connectivity index (χ1n) is 20.5. The monoisotopic (exact) mass is 765 g/mol. The number of rotatable bonds is 7. The largest absolute Gasteiger partial charge is 0.307 e. The molecule has 0 N–H and O–H groups in total. The molecule has 0 saturated heterocycles. The van der Waals surface area contributed by atoms with Crippen LogP contribution in [0.4, 0.5) is 0 Å². The molecule has 0 atom stereocenters. The maximum Gasteiger partial charge on any atom is 0.0956 e. The molecule has 0 aliphatic carbocycles. The van der Waals surface area contributed by atoms with Crippen LogP contribution in [-0.2, 0) is 0 Å². The average molecular weight is 766 g/mol. The quantitative estimate of drug-likeness (QED) is 0.162. The van der Waals surface area contributed by atoms with Gasteiger partial charge in [-0.2, -0.15) is 0 Å². The maximum atomic E-state index is 5.33. The minimum Gasteiger partial charge on any atom is -0.307 e. The van der Waals surface area contributed by atoms with E-state index in [1.807, 2.05) is 0 Å². The Labute approximate surface area is 349 Å². The van der Waals surface area contributed by atoms with Gasteiger partial charge in [0.25, 0.3) is 0 Å². The molecule has 0 spiro atoms. The highest BCUT2D eigenvalue weighted by Crippen LogP contribution is 2.42. The van der Waals surface area contributed by atoms with Crippen LogP contribution in [0.2, 0.25) is 0 Å². The van der Waals surface area contributed by atoms with Crippen LogP contribution in [-0.4, -0.2) is 14.5 Å². The van der Waals surface area contributed by atoms with E-state index in [2.05, 4.69) is 230 Å². The molecule has 0 saturated carbocycles. The molecule has 0 unspecified atom stereocenters. The minimum atomic E-state index is 0.956. The molecule has 0 aliphatic heterocycles. The maximum absolute atomic E-state index is 5.33. The smallest absolute Gasteiger partial charge is 0.0956 e. The van der Waals surface area contributed by atoms with Gasteiger partial charge >= 0.3 is 0 Å². The van der Waals surface area contributed by atoms with Gasteiger partial charge in [-0.25, -0.2) is 9.97 Å². The lowest BCUT2D eigenvalue weighted by molar-refractivity contribution is 1.17. The zero-order valence-electron chi connectivity index (χ0n) is 33.1. The highest BCUT2D eigenvalue weighted by Gasteiger charge is 2.21. The minimum absolute atomic E-state index is 0.956. The lowest BCUT2D eigenvalue weighted by Crippen LogP contribution is -1.98. The Morgan fingerprint density at radius 2 is 0.833 bits per heavy atom. The average Bonchev–Trinajstić information content (AvgIpc) is 3.68. The molecule has 8 aromatic carbocycles. The van der Waals surface area contributed by atoms with Gasteiger partial charge in [-0.3, -0.25) is 0 Å². The summed E-state index contributed by atoms with van der Waals surface area (Å²) in [6, 6.07) is 77.7. The molecule has 3 nitrogen and oxygen atoms in total. The molecule has 3 aromatic heterocycles. The predicted molar refractivity (Wildman–Crippen MR) is 251 cm³/mol. The van der Waals surface area contributed by atoms with E-state index in [0.29, 0.717) is 0 Å². The van der Waals surface area contributed by atoms with Gasteiger partial charge in [0.2, 0.25) is 0 Å². The van der Waals surface area contributed by atoms with Crippen LogP contribution in [0.1, 0.15) is 5.56 Å². The Hall–Kier alpha value is -7.88. The summed E-state index contributed by atoms with van der Waals surface area (Å²) in [5.74, 6) is 0. The van der Waals surface area contributed by atoms with Crippen LogP contribution in [0.15, 0.2) is 218 Å². The van der Waals surface area contributed by atoms with E-state index in [1.54, 1.807) is 0 Å². The Morgan fingerprint density at radius 3 is 1.48 bits per heavy atom. The summed E-state index contributed by atoms with van der Waals surface area (Å²) in [6.07, 6.45) is 0. The Bertz CT molecular complexity index is 3310.